The fourth-order valence-corrected chi connectivity index (χ4v) is 6.97. The molecule has 6 N–H and O–H groups in total. The van der Waals surface area contributed by atoms with Gasteiger partial charge in [0.2, 0.25) is 17.3 Å². The standard InChI is InChI=1S/3C14H10O3/c3*15-10-5-1-3-8-7-9-4-2-6-11(16)13(9)14(17)12(8)10/h3*1-6,15-16H,7H2. The molecule has 0 heterocycles. The van der Waals surface area contributed by atoms with Crippen LogP contribution in [0.5, 0.6) is 34.5 Å². The van der Waals surface area contributed by atoms with Crippen molar-refractivity contribution in [3.8, 4) is 34.5 Å². The molecule has 9 nitrogen and oxygen atoms in total. The number of phenolic OH excluding ortho intramolecular Hbond substituents is 6. The molecule has 9 heteroatoms. The van der Waals surface area contributed by atoms with Crippen LogP contribution in [-0.4, -0.2) is 48.0 Å². The fraction of sp³-hybridized carbons (Fsp3) is 0.0714. The number of rotatable bonds is 0. The van der Waals surface area contributed by atoms with Gasteiger partial charge >= 0.3 is 0 Å². The molecule has 0 spiro atoms. The van der Waals surface area contributed by atoms with Gasteiger partial charge in [-0.3, -0.25) is 14.4 Å². The average Bonchev–Trinajstić information content (AvgIpc) is 3.09. The van der Waals surface area contributed by atoms with E-state index in [1.54, 1.807) is 36.4 Å². The molecule has 0 saturated carbocycles. The summed E-state index contributed by atoms with van der Waals surface area (Å²) in [5, 5.41) is 58.4. The summed E-state index contributed by atoms with van der Waals surface area (Å²) in [5.41, 5.74) is 6.64. The molecular formula is C42H30O9. The van der Waals surface area contributed by atoms with Crippen molar-refractivity contribution in [3.05, 3.63) is 176 Å². The molecule has 3 aliphatic carbocycles. The maximum atomic E-state index is 12.2. The van der Waals surface area contributed by atoms with Crippen molar-refractivity contribution in [1.82, 2.24) is 0 Å². The molecule has 0 bridgehead atoms. The van der Waals surface area contributed by atoms with E-state index in [0.29, 0.717) is 52.6 Å². The van der Waals surface area contributed by atoms with Gasteiger partial charge < -0.3 is 30.6 Å². The third-order valence-electron chi connectivity index (χ3n) is 9.28. The first-order valence-electron chi connectivity index (χ1n) is 16.0. The van der Waals surface area contributed by atoms with E-state index in [2.05, 4.69) is 0 Å². The van der Waals surface area contributed by atoms with E-state index in [0.717, 1.165) is 33.4 Å². The quantitative estimate of drug-likeness (QED) is 0.102. The molecule has 0 aliphatic heterocycles. The monoisotopic (exact) mass is 678 g/mol. The minimum absolute atomic E-state index is 0.0265. The van der Waals surface area contributed by atoms with E-state index in [1.807, 2.05) is 36.4 Å². The summed E-state index contributed by atoms with van der Waals surface area (Å²) in [6.07, 6.45) is 1.66. The molecule has 0 fully saturated rings. The van der Waals surface area contributed by atoms with E-state index < -0.39 is 0 Å². The molecule has 0 saturated heterocycles. The lowest BCUT2D eigenvalue weighted by molar-refractivity contribution is 0.102. The Morgan fingerprint density at radius 3 is 0.588 bits per heavy atom. The second-order valence-electron chi connectivity index (χ2n) is 12.4. The number of phenols is 6. The number of fused-ring (bicyclic) bond motifs is 6. The maximum Gasteiger partial charge on any atom is 0.201 e. The Morgan fingerprint density at radius 2 is 0.431 bits per heavy atom. The molecule has 51 heavy (non-hydrogen) atoms. The first kappa shape index (κ1) is 32.7. The third kappa shape index (κ3) is 5.70. The van der Waals surface area contributed by atoms with Gasteiger partial charge in [-0.05, 0) is 89.0 Å². The predicted molar refractivity (Wildman–Crippen MR) is 187 cm³/mol. The Balaban J connectivity index is 0.000000119. The van der Waals surface area contributed by atoms with Gasteiger partial charge in [-0.25, -0.2) is 0 Å². The number of hydrogen-bond donors (Lipinski definition) is 6. The second-order valence-corrected chi connectivity index (χ2v) is 12.4. The van der Waals surface area contributed by atoms with E-state index in [9.17, 15) is 45.0 Å². The van der Waals surface area contributed by atoms with E-state index in [1.165, 1.54) is 36.4 Å². The van der Waals surface area contributed by atoms with Gasteiger partial charge in [-0.15, -0.1) is 0 Å². The van der Waals surface area contributed by atoms with Crippen LogP contribution >= 0.6 is 0 Å². The summed E-state index contributed by atoms with van der Waals surface area (Å²) in [5.74, 6) is -1.08. The molecule has 0 radical (unpaired) electrons. The number of hydrogen-bond acceptors (Lipinski definition) is 9. The Labute approximate surface area is 291 Å². The maximum absolute atomic E-state index is 12.2. The van der Waals surface area contributed by atoms with Crippen molar-refractivity contribution < 1.29 is 45.0 Å². The molecule has 0 aromatic heterocycles. The molecular weight excluding hydrogens is 648 g/mol. The topological polar surface area (TPSA) is 173 Å². The van der Waals surface area contributed by atoms with Crippen molar-refractivity contribution in [1.29, 1.82) is 0 Å². The number of carbonyl (C=O) groups is 3. The molecule has 0 atom stereocenters. The van der Waals surface area contributed by atoms with E-state index >= 15 is 0 Å². The van der Waals surface area contributed by atoms with Crippen molar-refractivity contribution in [2.24, 2.45) is 0 Å². The van der Waals surface area contributed by atoms with Gasteiger partial charge in [-0.2, -0.15) is 0 Å². The first-order valence-corrected chi connectivity index (χ1v) is 16.0. The Bertz CT molecular complexity index is 2000. The molecule has 0 unspecified atom stereocenters. The highest BCUT2D eigenvalue weighted by Crippen LogP contribution is 2.38. The van der Waals surface area contributed by atoms with Crippen LogP contribution < -0.4 is 0 Å². The summed E-state index contributed by atoms with van der Waals surface area (Å²) in [6.45, 7) is 0. The second kappa shape index (κ2) is 12.9. The summed E-state index contributed by atoms with van der Waals surface area (Å²) in [4.78, 5) is 36.7. The Hall–Kier alpha value is -6.87. The van der Waals surface area contributed by atoms with Gasteiger partial charge in [0.25, 0.3) is 0 Å². The minimum Gasteiger partial charge on any atom is -0.507 e. The molecule has 0 amide bonds. The highest BCUT2D eigenvalue weighted by Gasteiger charge is 2.30. The number of aromatic hydroxyl groups is 6. The van der Waals surface area contributed by atoms with Gasteiger partial charge in [0.15, 0.2) is 0 Å². The zero-order valence-corrected chi connectivity index (χ0v) is 26.9. The number of carbonyl (C=O) groups excluding carboxylic acids is 3. The van der Waals surface area contributed by atoms with Crippen LogP contribution in [0, 0.1) is 0 Å². The van der Waals surface area contributed by atoms with Crippen LogP contribution in [-0.2, 0) is 19.3 Å². The summed E-state index contributed by atoms with van der Waals surface area (Å²) >= 11 is 0. The Kier molecular flexibility index (Phi) is 8.24. The third-order valence-corrected chi connectivity index (χ3v) is 9.28. The van der Waals surface area contributed by atoms with Crippen molar-refractivity contribution >= 4 is 17.3 Å². The zero-order chi connectivity index (χ0) is 36.0. The van der Waals surface area contributed by atoms with Gasteiger partial charge in [0.1, 0.15) is 34.5 Å². The minimum atomic E-state index is -0.308. The number of ketones is 3. The van der Waals surface area contributed by atoms with Crippen molar-refractivity contribution in [2.75, 3.05) is 0 Å². The molecule has 3 aliphatic rings. The lowest BCUT2D eigenvalue weighted by atomic mass is 9.84. The number of benzene rings is 6. The Morgan fingerprint density at radius 1 is 0.275 bits per heavy atom. The van der Waals surface area contributed by atoms with E-state index in [-0.39, 0.29) is 51.8 Å². The smallest absolute Gasteiger partial charge is 0.201 e. The summed E-state index contributed by atoms with van der Waals surface area (Å²) in [7, 11) is 0. The normalized spacial score (nSPS) is 13.1. The van der Waals surface area contributed by atoms with Crippen LogP contribution in [0.25, 0.3) is 0 Å². The van der Waals surface area contributed by atoms with E-state index in [4.69, 9.17) is 0 Å². The fourth-order valence-electron chi connectivity index (χ4n) is 6.97. The molecule has 252 valence electrons. The van der Waals surface area contributed by atoms with Gasteiger partial charge in [-0.1, -0.05) is 72.8 Å². The first-order chi connectivity index (χ1) is 24.5. The van der Waals surface area contributed by atoms with Crippen LogP contribution in [0.15, 0.2) is 109 Å². The van der Waals surface area contributed by atoms with Gasteiger partial charge in [0.05, 0.1) is 33.4 Å². The lowest BCUT2D eigenvalue weighted by Gasteiger charge is -2.19. The van der Waals surface area contributed by atoms with Gasteiger partial charge in [0, 0.05) is 0 Å². The van der Waals surface area contributed by atoms with Crippen LogP contribution in [0.3, 0.4) is 0 Å². The predicted octanol–water partition coefficient (Wildman–Crippen LogP) is 6.70. The lowest BCUT2D eigenvalue weighted by Crippen LogP contribution is -2.15. The zero-order valence-electron chi connectivity index (χ0n) is 26.9. The van der Waals surface area contributed by atoms with Crippen molar-refractivity contribution in [2.45, 2.75) is 19.3 Å². The van der Waals surface area contributed by atoms with Crippen molar-refractivity contribution in [3.63, 3.8) is 0 Å². The summed E-state index contributed by atoms with van der Waals surface area (Å²) in [6, 6.07) is 30.1. The average molecular weight is 679 g/mol. The largest absolute Gasteiger partial charge is 0.507 e. The molecule has 6 aromatic rings. The molecule has 9 rings (SSSR count). The SMILES string of the molecule is O=C1c2c(O)cccc2Cc2cccc(O)c21.O=C1c2c(O)cccc2Cc2cccc(O)c21.O=C1c2c(O)cccc2Cc2cccc(O)c21. The van der Waals surface area contributed by atoms with Crippen LogP contribution in [0.4, 0.5) is 0 Å². The highest BCUT2D eigenvalue weighted by atomic mass is 16.3. The van der Waals surface area contributed by atoms with Crippen LogP contribution in [0.1, 0.15) is 81.1 Å². The van der Waals surface area contributed by atoms with Crippen LogP contribution in [0.2, 0.25) is 0 Å². The molecule has 6 aromatic carbocycles. The summed E-state index contributed by atoms with van der Waals surface area (Å²) < 4.78 is 0. The highest BCUT2D eigenvalue weighted by molar-refractivity contribution is 6.17.